The molecule has 1 saturated heterocycles. The number of anilines is 2. The molecule has 1 amide bonds. The summed E-state index contributed by atoms with van der Waals surface area (Å²) in [4.78, 5) is 31.9. The van der Waals surface area contributed by atoms with Gasteiger partial charge in [0.15, 0.2) is 17.3 Å². The highest BCUT2D eigenvalue weighted by Gasteiger charge is 2.39. The minimum atomic E-state index is -0.384. The summed E-state index contributed by atoms with van der Waals surface area (Å²) in [5.41, 5.74) is 4.67. The van der Waals surface area contributed by atoms with Crippen LogP contribution in [0.1, 0.15) is 75.1 Å². The highest BCUT2D eigenvalue weighted by molar-refractivity contribution is 6.30. The molecule has 2 aliphatic heterocycles. The van der Waals surface area contributed by atoms with Gasteiger partial charge in [0.1, 0.15) is 0 Å². The highest BCUT2D eigenvalue weighted by atomic mass is 35.5. The molecule has 1 aliphatic carbocycles. The van der Waals surface area contributed by atoms with E-state index in [2.05, 4.69) is 36.3 Å². The number of likely N-dealkylation sites (N-methyl/N-ethyl adjacent to an activating group) is 1. The Morgan fingerprint density at radius 3 is 2.33 bits per heavy atom. The summed E-state index contributed by atoms with van der Waals surface area (Å²) < 4.78 is 12.0. The molecule has 0 spiro atoms. The molecule has 8 heteroatoms. The molecular formula is C38H46ClN3O4. The Morgan fingerprint density at radius 2 is 1.72 bits per heavy atom. The molecule has 6 rings (SSSR count). The van der Waals surface area contributed by atoms with Crippen LogP contribution in [0.15, 0.2) is 60.7 Å². The molecule has 2 unspecified atom stereocenters. The number of hydrogen-bond acceptors (Lipinski definition) is 6. The van der Waals surface area contributed by atoms with Crippen LogP contribution in [0, 0.1) is 11.8 Å². The van der Waals surface area contributed by atoms with E-state index in [4.69, 9.17) is 21.1 Å². The molecular weight excluding hydrogens is 598 g/mol. The van der Waals surface area contributed by atoms with E-state index in [0.29, 0.717) is 28.2 Å². The van der Waals surface area contributed by atoms with Crippen LogP contribution in [-0.4, -0.2) is 51.1 Å². The number of Topliss-reactive ketones (excluding diaryl/α,β-unsaturated/α-hetero) is 1. The zero-order valence-electron chi connectivity index (χ0n) is 27.4. The number of methoxy groups -OCH3 is 1. The van der Waals surface area contributed by atoms with Crippen molar-refractivity contribution < 1.29 is 19.1 Å². The summed E-state index contributed by atoms with van der Waals surface area (Å²) in [7, 11) is 3.69. The lowest BCUT2D eigenvalue weighted by Gasteiger charge is -2.41. The topological polar surface area (TPSA) is 71.1 Å². The number of piperidine rings is 1. The number of hydrogen-bond donors (Lipinski definition) is 1. The molecule has 244 valence electrons. The summed E-state index contributed by atoms with van der Waals surface area (Å²) >= 11 is 6.30. The second-order valence-corrected chi connectivity index (χ2v) is 13.6. The summed E-state index contributed by atoms with van der Waals surface area (Å²) in [5.74, 6) is 2.20. The maximum absolute atomic E-state index is 14.0. The van der Waals surface area contributed by atoms with Gasteiger partial charge in [0, 0.05) is 29.4 Å². The number of carbonyl (C=O) groups excluding carboxylic acids is 2. The van der Waals surface area contributed by atoms with Crippen LogP contribution in [0.4, 0.5) is 11.4 Å². The Morgan fingerprint density at radius 1 is 1.02 bits per heavy atom. The van der Waals surface area contributed by atoms with Gasteiger partial charge >= 0.3 is 0 Å². The van der Waals surface area contributed by atoms with Gasteiger partial charge < -0.3 is 24.6 Å². The van der Waals surface area contributed by atoms with Crippen LogP contribution < -0.4 is 24.6 Å². The van der Waals surface area contributed by atoms with Gasteiger partial charge in [-0.3, -0.25) is 9.59 Å². The number of halogens is 1. The first-order valence-corrected chi connectivity index (χ1v) is 17.2. The van der Waals surface area contributed by atoms with Crippen LogP contribution >= 0.6 is 11.6 Å². The van der Waals surface area contributed by atoms with E-state index in [-0.39, 0.29) is 36.4 Å². The fourth-order valence-electron chi connectivity index (χ4n) is 7.22. The SMILES string of the molecule is CC[C@@H](C)Oc1cc2c(cc1OC)CC(=O)N(c1ccc(N(C)C(C(=O)C3CCC3)C3CCNCC3)cc1)C2c1ccc(Cl)cc1. The largest absolute Gasteiger partial charge is 0.493 e. The normalized spacial score (nSPS) is 20.0. The molecule has 2 fully saturated rings. The summed E-state index contributed by atoms with van der Waals surface area (Å²) in [5, 5.41) is 4.09. The van der Waals surface area contributed by atoms with Crippen molar-refractivity contribution in [1.29, 1.82) is 0 Å². The van der Waals surface area contributed by atoms with Crippen LogP contribution in [0.2, 0.25) is 5.02 Å². The maximum atomic E-state index is 14.0. The van der Waals surface area contributed by atoms with Gasteiger partial charge in [-0.05, 0) is 123 Å². The molecule has 46 heavy (non-hydrogen) atoms. The number of ketones is 1. The molecule has 0 bridgehead atoms. The van der Waals surface area contributed by atoms with Crippen molar-refractivity contribution >= 4 is 34.7 Å². The molecule has 0 radical (unpaired) electrons. The van der Waals surface area contributed by atoms with Crippen LogP contribution in [0.25, 0.3) is 0 Å². The van der Waals surface area contributed by atoms with E-state index in [0.717, 1.165) is 79.7 Å². The zero-order valence-corrected chi connectivity index (χ0v) is 28.2. The van der Waals surface area contributed by atoms with Crippen LogP contribution in [0.3, 0.4) is 0 Å². The highest BCUT2D eigenvalue weighted by Crippen LogP contribution is 2.44. The van der Waals surface area contributed by atoms with Gasteiger partial charge in [-0.15, -0.1) is 0 Å². The molecule has 3 aromatic rings. The van der Waals surface area contributed by atoms with Crippen molar-refractivity contribution in [3.8, 4) is 11.5 Å². The number of nitrogens with zero attached hydrogens (tertiary/aromatic N) is 2. The number of rotatable bonds is 11. The molecule has 1 saturated carbocycles. The fraction of sp³-hybridized carbons (Fsp3) is 0.474. The van der Waals surface area contributed by atoms with E-state index in [9.17, 15) is 9.59 Å². The van der Waals surface area contributed by atoms with E-state index in [1.54, 1.807) is 7.11 Å². The van der Waals surface area contributed by atoms with Crippen molar-refractivity contribution in [1.82, 2.24) is 5.32 Å². The fourth-order valence-corrected chi connectivity index (χ4v) is 7.34. The summed E-state index contributed by atoms with van der Waals surface area (Å²) in [6, 6.07) is 19.3. The predicted octanol–water partition coefficient (Wildman–Crippen LogP) is 7.38. The third kappa shape index (κ3) is 6.50. The van der Waals surface area contributed by atoms with Crippen LogP contribution in [-0.2, 0) is 16.0 Å². The second kappa shape index (κ2) is 14.1. The second-order valence-electron chi connectivity index (χ2n) is 13.1. The first-order chi connectivity index (χ1) is 22.3. The van der Waals surface area contributed by atoms with Gasteiger partial charge in [0.2, 0.25) is 5.91 Å². The van der Waals surface area contributed by atoms with Gasteiger partial charge in [0.25, 0.3) is 0 Å². The molecule has 2 heterocycles. The third-order valence-electron chi connectivity index (χ3n) is 10.3. The Labute approximate surface area is 278 Å². The number of ether oxygens (including phenoxy) is 2. The Bertz CT molecular complexity index is 1530. The van der Waals surface area contributed by atoms with Crippen LogP contribution in [0.5, 0.6) is 11.5 Å². The average Bonchev–Trinajstić information content (AvgIpc) is 3.04. The number of fused-ring (bicyclic) bond motifs is 1. The molecule has 1 N–H and O–H groups in total. The van der Waals surface area contributed by atoms with Gasteiger partial charge in [-0.1, -0.05) is 37.1 Å². The Balaban J connectivity index is 1.36. The van der Waals surface area contributed by atoms with Crippen molar-refractivity contribution in [2.75, 3.05) is 37.0 Å². The number of amides is 1. The molecule has 3 aromatic carbocycles. The van der Waals surface area contributed by atoms with E-state index >= 15 is 0 Å². The Kier molecular flexibility index (Phi) is 9.90. The van der Waals surface area contributed by atoms with Gasteiger partial charge in [0.05, 0.1) is 31.7 Å². The van der Waals surface area contributed by atoms with Gasteiger partial charge in [-0.25, -0.2) is 0 Å². The van der Waals surface area contributed by atoms with E-state index < -0.39 is 0 Å². The Hall–Kier alpha value is -3.55. The molecule has 7 nitrogen and oxygen atoms in total. The monoisotopic (exact) mass is 643 g/mol. The minimum absolute atomic E-state index is 0.000976. The van der Waals surface area contributed by atoms with Crippen molar-refractivity contribution in [2.24, 2.45) is 11.8 Å². The quantitative estimate of drug-likeness (QED) is 0.235. The van der Waals surface area contributed by atoms with E-state index in [1.807, 2.05) is 60.4 Å². The molecule has 0 aromatic heterocycles. The first-order valence-electron chi connectivity index (χ1n) is 16.8. The van der Waals surface area contributed by atoms with Gasteiger partial charge in [-0.2, -0.15) is 0 Å². The van der Waals surface area contributed by atoms with E-state index in [1.165, 1.54) is 0 Å². The van der Waals surface area contributed by atoms with Crippen molar-refractivity contribution in [2.45, 2.75) is 77.0 Å². The number of benzene rings is 3. The average molecular weight is 644 g/mol. The summed E-state index contributed by atoms with van der Waals surface area (Å²) in [6.07, 6.45) is 6.28. The first kappa shape index (κ1) is 32.4. The molecule has 3 atom stereocenters. The lowest BCUT2D eigenvalue weighted by atomic mass is 9.75. The number of carbonyl (C=O) groups is 2. The minimum Gasteiger partial charge on any atom is -0.493 e. The van der Waals surface area contributed by atoms with Crippen molar-refractivity contribution in [3.05, 3.63) is 82.4 Å². The summed E-state index contributed by atoms with van der Waals surface area (Å²) in [6.45, 7) is 6.03. The lowest BCUT2D eigenvalue weighted by molar-refractivity contribution is -0.128. The molecule has 3 aliphatic rings. The zero-order chi connectivity index (χ0) is 32.4. The standard InChI is InChI=1S/C38H46ClN3O4/c1-5-24(2)46-34-23-32-28(21-33(34)45-4)22-35(43)42(36(32)25-9-11-29(39)12-10-25)31-15-13-30(14-16-31)41(3)37(26-17-19-40-20-18-26)38(44)27-7-6-8-27/h9-16,21,23-24,26-27,36-37,40H,5-8,17-20,22H2,1-4H3/t24-,36?,37?/m1/s1. The maximum Gasteiger partial charge on any atom is 0.232 e. The lowest BCUT2D eigenvalue weighted by Crippen LogP contribution is -2.50. The number of nitrogens with one attached hydrogen (secondary N) is 1. The van der Waals surface area contributed by atoms with Crippen molar-refractivity contribution in [3.63, 3.8) is 0 Å². The smallest absolute Gasteiger partial charge is 0.232 e. The third-order valence-corrected chi connectivity index (χ3v) is 10.5. The predicted molar refractivity (Wildman–Crippen MR) is 184 cm³/mol.